The molecule has 4 aromatic rings. The summed E-state index contributed by atoms with van der Waals surface area (Å²) in [6, 6.07) is 11.9. The molecule has 2 aliphatic heterocycles. The largest absolute Gasteiger partial charge is 0.453 e. The van der Waals surface area contributed by atoms with E-state index in [0.717, 1.165) is 70.0 Å². The molecule has 2 aromatic carbocycles. The number of alkyl halides is 2. The van der Waals surface area contributed by atoms with Gasteiger partial charge in [-0.15, -0.1) is 0 Å². The number of nitrogens with zero attached hydrogens (tertiary/aromatic N) is 4. The Morgan fingerprint density at radius 3 is 2.24 bits per heavy atom. The van der Waals surface area contributed by atoms with E-state index in [4.69, 9.17) is 9.72 Å². The van der Waals surface area contributed by atoms with Crippen LogP contribution in [0.3, 0.4) is 0 Å². The number of nitrogens with one attached hydrogen (secondary N) is 4. The number of fused-ring (bicyclic) bond motifs is 3. The van der Waals surface area contributed by atoms with Gasteiger partial charge in [-0.1, -0.05) is 70.2 Å². The topological polar surface area (TPSA) is 158 Å². The smallest absolute Gasteiger partial charge is 0.407 e. The van der Waals surface area contributed by atoms with Crippen LogP contribution in [0.1, 0.15) is 88.9 Å². The van der Waals surface area contributed by atoms with E-state index >= 15 is 0 Å². The first-order valence-corrected chi connectivity index (χ1v) is 20.2. The number of aromatic amines is 2. The van der Waals surface area contributed by atoms with Crippen LogP contribution in [0, 0.1) is 11.8 Å². The Morgan fingerprint density at radius 2 is 1.55 bits per heavy atom. The zero-order valence-electron chi connectivity index (χ0n) is 34.2. The van der Waals surface area contributed by atoms with Crippen molar-refractivity contribution in [1.82, 2.24) is 40.4 Å². The fourth-order valence-electron chi connectivity index (χ4n) is 8.49. The molecule has 1 aliphatic carbocycles. The fourth-order valence-corrected chi connectivity index (χ4v) is 8.49. The molecule has 2 aromatic heterocycles. The number of rotatable bonds is 12. The summed E-state index contributed by atoms with van der Waals surface area (Å²) in [6.07, 6.45) is 3.40. The van der Waals surface area contributed by atoms with Gasteiger partial charge >= 0.3 is 6.09 Å². The van der Waals surface area contributed by atoms with E-state index in [2.05, 4.69) is 48.5 Å². The highest BCUT2D eigenvalue weighted by Crippen LogP contribution is 2.42. The van der Waals surface area contributed by atoms with Crippen molar-refractivity contribution < 1.29 is 32.6 Å². The highest BCUT2D eigenvalue weighted by molar-refractivity contribution is 5.87. The van der Waals surface area contributed by atoms with E-state index in [-0.39, 0.29) is 41.9 Å². The maximum absolute atomic E-state index is 14.8. The highest BCUT2D eigenvalue weighted by atomic mass is 19.3. The second-order valence-electron chi connectivity index (χ2n) is 16.4. The minimum absolute atomic E-state index is 0.0723. The minimum atomic E-state index is -3.12. The van der Waals surface area contributed by atoms with Gasteiger partial charge in [-0.2, -0.15) is 0 Å². The molecule has 13 nitrogen and oxygen atoms in total. The van der Waals surface area contributed by atoms with E-state index in [9.17, 15) is 23.2 Å². The number of H-pyrrole nitrogens is 2. The van der Waals surface area contributed by atoms with E-state index in [1.807, 2.05) is 49.9 Å². The van der Waals surface area contributed by atoms with Crippen LogP contribution >= 0.6 is 0 Å². The van der Waals surface area contributed by atoms with Gasteiger partial charge < -0.3 is 34.6 Å². The van der Waals surface area contributed by atoms with Crippen molar-refractivity contribution in [3.05, 3.63) is 71.6 Å². The number of hydrogen-bond acceptors (Lipinski definition) is 8. The van der Waals surface area contributed by atoms with Crippen molar-refractivity contribution in [2.75, 3.05) is 27.3 Å². The van der Waals surface area contributed by atoms with Crippen molar-refractivity contribution in [3.63, 3.8) is 0 Å². The third-order valence-electron chi connectivity index (χ3n) is 11.7. The number of ether oxygens (including phenoxy) is 2. The van der Waals surface area contributed by atoms with Crippen molar-refractivity contribution in [1.29, 1.82) is 0 Å². The number of aromatic nitrogens is 4. The minimum Gasteiger partial charge on any atom is -0.453 e. The number of methoxy groups -OCH3 is 2. The lowest BCUT2D eigenvalue weighted by Crippen LogP contribution is -2.52. The molecule has 0 bridgehead atoms. The molecule has 15 heteroatoms. The fraction of sp³-hybridized carbons (Fsp3) is 0.512. The quantitative estimate of drug-likeness (QED) is 0.114. The number of benzene rings is 2. The van der Waals surface area contributed by atoms with E-state index in [1.165, 1.54) is 12.7 Å². The van der Waals surface area contributed by atoms with Gasteiger partial charge in [-0.3, -0.25) is 14.9 Å². The van der Waals surface area contributed by atoms with Gasteiger partial charge in [0.1, 0.15) is 23.9 Å². The summed E-state index contributed by atoms with van der Waals surface area (Å²) in [5, 5.41) is 5.83. The van der Waals surface area contributed by atoms with Gasteiger partial charge in [0.15, 0.2) is 0 Å². The van der Waals surface area contributed by atoms with Crippen LogP contribution in [0.25, 0.3) is 33.6 Å². The molecule has 3 amide bonds. The van der Waals surface area contributed by atoms with E-state index < -0.39 is 43.0 Å². The predicted molar refractivity (Wildman–Crippen MR) is 215 cm³/mol. The molecule has 310 valence electrons. The van der Waals surface area contributed by atoms with E-state index in [0.29, 0.717) is 12.2 Å². The predicted octanol–water partition coefficient (Wildman–Crippen LogP) is 6.79. The van der Waals surface area contributed by atoms with Gasteiger partial charge in [0.25, 0.3) is 5.92 Å². The summed E-state index contributed by atoms with van der Waals surface area (Å²) in [5.74, 6) is -2.84. The lowest BCUT2D eigenvalue weighted by molar-refractivity contribution is -0.137. The lowest BCUT2D eigenvalue weighted by Gasteiger charge is -2.31. The van der Waals surface area contributed by atoms with Gasteiger partial charge in [-0.05, 0) is 66.7 Å². The number of carbonyl (C=O) groups is 3. The molecule has 0 saturated carbocycles. The third-order valence-corrected chi connectivity index (χ3v) is 11.7. The number of aryl methyl sites for hydroxylation is 2. The Labute approximate surface area is 337 Å². The molecule has 3 aliphatic rings. The molecule has 0 spiro atoms. The van der Waals surface area contributed by atoms with Crippen LogP contribution < -0.4 is 10.6 Å². The van der Waals surface area contributed by atoms with Crippen molar-refractivity contribution in [3.8, 4) is 33.6 Å². The Morgan fingerprint density at radius 1 is 0.862 bits per heavy atom. The zero-order chi connectivity index (χ0) is 41.5. The SMILES string of the molecule is COC(=O)N[C@H](C(=O)N1CC(F)(F)C[C@H]1c1ncc(-c2ccc(-c3ccc4c(c3)CCc3[nH]c([C@@H]5CCCN5C(=O)[C@@H](NC(C)OC)C(C)C)nc3-4)cc2)[nH]1)C(C)C. The number of imidazole rings is 2. The van der Waals surface area contributed by atoms with Crippen LogP contribution in [0.4, 0.5) is 13.6 Å². The first-order valence-electron chi connectivity index (χ1n) is 20.2. The van der Waals surface area contributed by atoms with Crippen LogP contribution in [0.5, 0.6) is 0 Å². The molecule has 4 N–H and O–H groups in total. The average Bonchev–Trinajstić information content (AvgIpc) is 4.03. The zero-order valence-corrected chi connectivity index (χ0v) is 34.2. The van der Waals surface area contributed by atoms with Gasteiger partial charge in [0.2, 0.25) is 11.8 Å². The highest BCUT2D eigenvalue weighted by Gasteiger charge is 2.50. The second-order valence-corrected chi connectivity index (χ2v) is 16.4. The number of likely N-dealkylation sites (tertiary alicyclic amines) is 2. The van der Waals surface area contributed by atoms with E-state index in [1.54, 1.807) is 27.2 Å². The average molecular weight is 801 g/mol. The molecular formula is C43H54F2N8O5. The third kappa shape index (κ3) is 8.24. The second kappa shape index (κ2) is 16.6. The maximum atomic E-state index is 14.8. The molecule has 58 heavy (non-hydrogen) atoms. The Hall–Kier alpha value is -5.15. The van der Waals surface area contributed by atoms with Crippen LogP contribution in [-0.4, -0.2) is 99.2 Å². The summed E-state index contributed by atoms with van der Waals surface area (Å²) in [7, 11) is 2.81. The Bertz CT molecular complexity index is 2130. The molecule has 4 heterocycles. The molecule has 5 atom stereocenters. The Balaban J connectivity index is 1.06. The normalized spacial score (nSPS) is 20.2. The first-order chi connectivity index (χ1) is 27.7. The van der Waals surface area contributed by atoms with Gasteiger partial charge in [-0.25, -0.2) is 23.5 Å². The van der Waals surface area contributed by atoms with Gasteiger partial charge in [0.05, 0.1) is 49.4 Å². The van der Waals surface area contributed by atoms with Crippen molar-refractivity contribution >= 4 is 17.9 Å². The molecule has 2 saturated heterocycles. The summed E-state index contributed by atoms with van der Waals surface area (Å²) in [5.41, 5.74) is 7.85. The number of halogens is 2. The standard InChI is InChI=1S/C43H54F2N8O5/c1-23(2)35(47-25(5)57-6)40(54)52-18-8-9-33(52)39-48-31-17-15-29-19-28(14-16-30(29)37(31)50-39)26-10-12-27(13-11-26)32-21-46-38(49-32)34-20-43(44,45)22-53(34)41(55)36(24(3)4)51-42(56)58-7/h10-14,16,19,21,23-25,33-36,47H,8-9,15,17-18,20,22H2,1-7H3,(H,46,49)(H,48,50)(H,51,56)/t25?,33-,34-,35-,36-/m0/s1. The van der Waals surface area contributed by atoms with Crippen LogP contribution in [0.2, 0.25) is 0 Å². The summed E-state index contributed by atoms with van der Waals surface area (Å²) < 4.78 is 39.7. The van der Waals surface area contributed by atoms with Crippen molar-refractivity contribution in [2.24, 2.45) is 11.8 Å². The van der Waals surface area contributed by atoms with Gasteiger partial charge in [0, 0.05) is 31.3 Å². The Kier molecular flexibility index (Phi) is 11.7. The van der Waals surface area contributed by atoms with Crippen LogP contribution in [-0.2, 0) is 31.9 Å². The monoisotopic (exact) mass is 800 g/mol. The summed E-state index contributed by atoms with van der Waals surface area (Å²) in [4.78, 5) is 58.7. The number of alkyl carbamates (subject to hydrolysis) is 1. The first kappa shape index (κ1) is 41.0. The maximum Gasteiger partial charge on any atom is 0.407 e. The number of hydrogen-bond donors (Lipinski definition) is 4. The van der Waals surface area contributed by atoms with Crippen molar-refractivity contribution in [2.45, 2.75) is 103 Å². The molecule has 7 rings (SSSR count). The molecular weight excluding hydrogens is 747 g/mol. The molecule has 2 fully saturated rings. The number of amides is 3. The summed E-state index contributed by atoms with van der Waals surface area (Å²) >= 11 is 0. The summed E-state index contributed by atoms with van der Waals surface area (Å²) in [6.45, 7) is 9.37. The molecule has 0 radical (unpaired) electrons. The van der Waals surface area contributed by atoms with Crippen LogP contribution in [0.15, 0.2) is 48.7 Å². The number of carbonyl (C=O) groups excluding carboxylic acids is 3. The molecule has 1 unspecified atom stereocenters. The lowest BCUT2D eigenvalue weighted by atomic mass is 9.89.